The maximum absolute atomic E-state index is 13.4. The number of carbonyl (C=O) groups is 2. The summed E-state index contributed by atoms with van der Waals surface area (Å²) in [6.07, 6.45) is 0. The Bertz CT molecular complexity index is 779. The van der Waals surface area contributed by atoms with Gasteiger partial charge in [0.2, 0.25) is 11.8 Å². The van der Waals surface area contributed by atoms with E-state index in [1.54, 1.807) is 24.3 Å². The van der Waals surface area contributed by atoms with E-state index in [-0.39, 0.29) is 12.5 Å². The lowest BCUT2D eigenvalue weighted by atomic mass is 10.2. The molecule has 2 amide bonds. The molecule has 0 unspecified atom stereocenters. The molecule has 7 heteroatoms. The first kappa shape index (κ1) is 18.3. The Hall–Kier alpha value is -3.09. The quantitative estimate of drug-likeness (QED) is 0.873. The van der Waals surface area contributed by atoms with Crippen LogP contribution in [-0.4, -0.2) is 32.6 Å². The van der Waals surface area contributed by atoms with Gasteiger partial charge in [-0.3, -0.25) is 9.59 Å². The third kappa shape index (κ3) is 4.69. The molecular weight excluding hydrogens is 327 g/mol. The Morgan fingerprint density at radius 1 is 1.12 bits per heavy atom. The Morgan fingerprint density at radius 2 is 1.88 bits per heavy atom. The number of nitrogens with one attached hydrogen (secondary N) is 1. The van der Waals surface area contributed by atoms with Crippen LogP contribution in [-0.2, 0) is 9.59 Å². The van der Waals surface area contributed by atoms with Crippen molar-refractivity contribution in [3.8, 4) is 11.5 Å². The van der Waals surface area contributed by atoms with Gasteiger partial charge in [-0.25, -0.2) is 4.39 Å². The van der Waals surface area contributed by atoms with Gasteiger partial charge in [-0.2, -0.15) is 0 Å². The van der Waals surface area contributed by atoms with Crippen molar-refractivity contribution in [2.75, 3.05) is 31.0 Å². The van der Waals surface area contributed by atoms with Crippen molar-refractivity contribution in [2.45, 2.75) is 6.92 Å². The molecule has 2 aromatic rings. The summed E-state index contributed by atoms with van der Waals surface area (Å²) < 4.78 is 23.7. The van der Waals surface area contributed by atoms with Crippen molar-refractivity contribution in [1.29, 1.82) is 0 Å². The first-order valence-electron chi connectivity index (χ1n) is 7.50. The van der Waals surface area contributed by atoms with Gasteiger partial charge in [0, 0.05) is 18.7 Å². The summed E-state index contributed by atoms with van der Waals surface area (Å²) in [5, 5.41) is 2.67. The van der Waals surface area contributed by atoms with Crippen molar-refractivity contribution < 1.29 is 23.5 Å². The summed E-state index contributed by atoms with van der Waals surface area (Å²) in [4.78, 5) is 25.4. The highest BCUT2D eigenvalue weighted by Gasteiger charge is 2.17. The second kappa shape index (κ2) is 8.14. The van der Waals surface area contributed by atoms with E-state index in [0.717, 1.165) is 0 Å². The summed E-state index contributed by atoms with van der Waals surface area (Å²) in [7, 11) is 2.99. The number of amides is 2. The van der Waals surface area contributed by atoms with Gasteiger partial charge in [0.05, 0.1) is 19.9 Å². The van der Waals surface area contributed by atoms with Crippen molar-refractivity contribution in [2.24, 2.45) is 0 Å². The van der Waals surface area contributed by atoms with Gasteiger partial charge >= 0.3 is 0 Å². The van der Waals surface area contributed by atoms with E-state index >= 15 is 0 Å². The summed E-state index contributed by atoms with van der Waals surface area (Å²) in [5.74, 6) is -0.318. The predicted octanol–water partition coefficient (Wildman–Crippen LogP) is 2.83. The first-order valence-corrected chi connectivity index (χ1v) is 7.50. The molecule has 0 radical (unpaired) electrons. The van der Waals surface area contributed by atoms with Crippen LogP contribution in [0, 0.1) is 5.82 Å². The van der Waals surface area contributed by atoms with Gasteiger partial charge in [0.1, 0.15) is 23.9 Å². The average molecular weight is 346 g/mol. The highest BCUT2D eigenvalue weighted by molar-refractivity contribution is 6.02. The fourth-order valence-corrected chi connectivity index (χ4v) is 2.27. The van der Waals surface area contributed by atoms with Crippen molar-refractivity contribution in [3.05, 3.63) is 48.3 Å². The molecule has 132 valence electrons. The van der Waals surface area contributed by atoms with Gasteiger partial charge in [-0.05, 0) is 30.3 Å². The number of hydrogen-bond donors (Lipinski definition) is 1. The summed E-state index contributed by atoms with van der Waals surface area (Å²) in [6, 6.07) is 10.5. The molecule has 0 aliphatic carbocycles. The maximum atomic E-state index is 13.4. The van der Waals surface area contributed by atoms with Crippen molar-refractivity contribution in [1.82, 2.24) is 0 Å². The zero-order chi connectivity index (χ0) is 18.4. The minimum atomic E-state index is -0.487. The molecule has 0 aliphatic rings. The number of methoxy groups -OCH3 is 2. The van der Waals surface area contributed by atoms with Crippen molar-refractivity contribution in [3.63, 3.8) is 0 Å². The highest BCUT2D eigenvalue weighted by atomic mass is 19.1. The monoisotopic (exact) mass is 346 g/mol. The van der Waals surface area contributed by atoms with Crippen LogP contribution in [0.1, 0.15) is 6.92 Å². The molecule has 0 atom stereocenters. The molecule has 0 bridgehead atoms. The van der Waals surface area contributed by atoms with Crippen LogP contribution in [0.4, 0.5) is 15.8 Å². The zero-order valence-corrected chi connectivity index (χ0v) is 14.2. The minimum absolute atomic E-state index is 0.265. The minimum Gasteiger partial charge on any atom is -0.497 e. The summed E-state index contributed by atoms with van der Waals surface area (Å²) in [5.41, 5.74) is 0.717. The Labute approximate surface area is 145 Å². The number of hydrogen-bond acceptors (Lipinski definition) is 4. The number of anilines is 2. The predicted molar refractivity (Wildman–Crippen MR) is 92.6 cm³/mol. The van der Waals surface area contributed by atoms with Gasteiger partial charge in [-0.15, -0.1) is 0 Å². The first-order chi connectivity index (χ1) is 11.9. The smallest absolute Gasteiger partial charge is 0.244 e. The van der Waals surface area contributed by atoms with E-state index in [0.29, 0.717) is 22.9 Å². The van der Waals surface area contributed by atoms with Crippen LogP contribution >= 0.6 is 0 Å². The SMILES string of the molecule is COc1ccc(OC)c(NC(=O)CN(C(C)=O)c2cccc(F)c2)c1. The van der Waals surface area contributed by atoms with Crippen LogP contribution in [0.25, 0.3) is 0 Å². The molecular formula is C18H19FN2O4. The largest absolute Gasteiger partial charge is 0.497 e. The fourth-order valence-electron chi connectivity index (χ4n) is 2.27. The average Bonchev–Trinajstić information content (AvgIpc) is 2.59. The molecule has 2 rings (SSSR count). The van der Waals surface area contributed by atoms with Crippen LogP contribution < -0.4 is 19.7 Å². The molecule has 0 aliphatic heterocycles. The zero-order valence-electron chi connectivity index (χ0n) is 14.2. The third-order valence-electron chi connectivity index (χ3n) is 3.48. The molecule has 0 saturated heterocycles. The second-order valence-corrected chi connectivity index (χ2v) is 5.20. The van der Waals surface area contributed by atoms with Crippen molar-refractivity contribution >= 4 is 23.2 Å². The topological polar surface area (TPSA) is 67.9 Å². The second-order valence-electron chi connectivity index (χ2n) is 5.20. The molecule has 2 aromatic carbocycles. The normalized spacial score (nSPS) is 10.1. The Morgan fingerprint density at radius 3 is 2.48 bits per heavy atom. The molecule has 0 spiro atoms. The van der Waals surface area contributed by atoms with E-state index < -0.39 is 11.7 Å². The van der Waals surface area contributed by atoms with E-state index in [1.807, 2.05) is 0 Å². The number of carbonyl (C=O) groups excluding carboxylic acids is 2. The van der Waals surface area contributed by atoms with E-state index in [9.17, 15) is 14.0 Å². The number of ether oxygens (including phenoxy) is 2. The molecule has 0 fully saturated rings. The maximum Gasteiger partial charge on any atom is 0.244 e. The van der Waals surface area contributed by atoms with Gasteiger partial charge < -0.3 is 19.7 Å². The Kier molecular flexibility index (Phi) is 5.94. The van der Waals surface area contributed by atoms with Crippen LogP contribution in [0.5, 0.6) is 11.5 Å². The highest BCUT2D eigenvalue weighted by Crippen LogP contribution is 2.29. The number of nitrogens with zero attached hydrogens (tertiary/aromatic N) is 1. The molecule has 0 aromatic heterocycles. The molecule has 25 heavy (non-hydrogen) atoms. The van der Waals surface area contributed by atoms with Gasteiger partial charge in [0.15, 0.2) is 0 Å². The van der Waals surface area contributed by atoms with E-state index in [4.69, 9.17) is 9.47 Å². The molecule has 0 saturated carbocycles. The summed E-state index contributed by atoms with van der Waals surface area (Å²) >= 11 is 0. The molecule has 6 nitrogen and oxygen atoms in total. The number of halogens is 1. The van der Waals surface area contributed by atoms with Gasteiger partial charge in [-0.1, -0.05) is 6.07 Å². The standard InChI is InChI=1S/C18H19FN2O4/c1-12(22)21(14-6-4-5-13(19)9-14)11-18(23)20-16-10-15(24-2)7-8-17(16)25-3/h4-10H,11H2,1-3H3,(H,20,23). The molecule has 1 N–H and O–H groups in total. The van der Waals surface area contributed by atoms with Crippen LogP contribution in [0.15, 0.2) is 42.5 Å². The lowest BCUT2D eigenvalue weighted by Crippen LogP contribution is -2.36. The lowest BCUT2D eigenvalue weighted by molar-refractivity contribution is -0.120. The fraction of sp³-hybridized carbons (Fsp3) is 0.222. The summed E-state index contributed by atoms with van der Waals surface area (Å²) in [6.45, 7) is 1.05. The van der Waals surface area contributed by atoms with Gasteiger partial charge in [0.25, 0.3) is 0 Å². The van der Waals surface area contributed by atoms with Crippen LogP contribution in [0.2, 0.25) is 0 Å². The van der Waals surface area contributed by atoms with E-state index in [1.165, 1.54) is 44.2 Å². The van der Waals surface area contributed by atoms with Crippen LogP contribution in [0.3, 0.4) is 0 Å². The van der Waals surface area contributed by atoms with E-state index in [2.05, 4.69) is 5.32 Å². The molecule has 0 heterocycles. The lowest BCUT2D eigenvalue weighted by Gasteiger charge is -2.21. The number of rotatable bonds is 6. The Balaban J connectivity index is 2.18. The third-order valence-corrected chi connectivity index (χ3v) is 3.48. The number of benzene rings is 2.